The second kappa shape index (κ2) is 7.40. The van der Waals surface area contributed by atoms with Crippen molar-refractivity contribution in [1.82, 2.24) is 9.97 Å². The Morgan fingerprint density at radius 3 is 2.78 bits per heavy atom. The number of rotatable bonds is 7. The Kier molecular flexibility index (Phi) is 4.83. The lowest BCUT2D eigenvalue weighted by Gasteiger charge is -2.08. The van der Waals surface area contributed by atoms with Crippen LogP contribution in [0.2, 0.25) is 0 Å². The number of benzene rings is 1. The monoisotopic (exact) mass is 312 g/mol. The van der Waals surface area contributed by atoms with Gasteiger partial charge in [-0.3, -0.25) is 0 Å². The van der Waals surface area contributed by atoms with Crippen LogP contribution >= 0.6 is 0 Å². The normalized spacial score (nSPS) is 10.5. The highest BCUT2D eigenvalue weighted by Crippen LogP contribution is 2.10. The van der Waals surface area contributed by atoms with Crippen LogP contribution in [0.25, 0.3) is 0 Å². The summed E-state index contributed by atoms with van der Waals surface area (Å²) in [5.41, 5.74) is 0.673. The van der Waals surface area contributed by atoms with Gasteiger partial charge in [-0.1, -0.05) is 18.2 Å². The summed E-state index contributed by atoms with van der Waals surface area (Å²) in [6.07, 6.45) is 3.87. The van der Waals surface area contributed by atoms with E-state index < -0.39 is 0 Å². The zero-order valence-corrected chi connectivity index (χ0v) is 12.5. The van der Waals surface area contributed by atoms with Gasteiger partial charge in [-0.2, -0.15) is 4.98 Å². The molecule has 0 spiro atoms. The average Bonchev–Trinajstić information content (AvgIpc) is 3.09. The predicted octanol–water partition coefficient (Wildman–Crippen LogP) is 3.48. The van der Waals surface area contributed by atoms with Gasteiger partial charge in [0.05, 0.1) is 12.8 Å². The number of aromatic nitrogens is 2. The van der Waals surface area contributed by atoms with Gasteiger partial charge in [-0.05, 0) is 36.2 Å². The molecule has 0 unspecified atom stereocenters. The predicted molar refractivity (Wildman–Crippen MR) is 86.7 cm³/mol. The van der Waals surface area contributed by atoms with Gasteiger partial charge in [0.25, 0.3) is 0 Å². The minimum Gasteiger partial charge on any atom is -0.467 e. The van der Waals surface area contributed by atoms with E-state index in [0.29, 0.717) is 36.8 Å². The molecule has 3 rings (SSSR count). The fourth-order valence-electron chi connectivity index (χ4n) is 2.14. The van der Waals surface area contributed by atoms with Crippen molar-refractivity contribution in [2.75, 3.05) is 17.2 Å². The number of furan rings is 1. The second-order valence-corrected chi connectivity index (χ2v) is 4.97. The summed E-state index contributed by atoms with van der Waals surface area (Å²) in [5.74, 6) is 1.84. The summed E-state index contributed by atoms with van der Waals surface area (Å²) in [5, 5.41) is 6.26. The maximum atomic E-state index is 13.5. The van der Waals surface area contributed by atoms with E-state index in [1.165, 1.54) is 6.07 Å². The van der Waals surface area contributed by atoms with Crippen LogP contribution in [0.1, 0.15) is 11.3 Å². The van der Waals surface area contributed by atoms with Crippen LogP contribution in [-0.2, 0) is 13.0 Å². The summed E-state index contributed by atoms with van der Waals surface area (Å²) in [6, 6.07) is 12.3. The lowest BCUT2D eigenvalue weighted by atomic mass is 10.1. The first-order chi connectivity index (χ1) is 11.3. The largest absolute Gasteiger partial charge is 0.467 e. The van der Waals surface area contributed by atoms with Crippen molar-refractivity contribution >= 4 is 11.8 Å². The Labute approximate surface area is 133 Å². The van der Waals surface area contributed by atoms with Crippen molar-refractivity contribution < 1.29 is 8.81 Å². The molecule has 0 atom stereocenters. The highest BCUT2D eigenvalue weighted by atomic mass is 19.1. The first-order valence-electron chi connectivity index (χ1n) is 7.38. The number of halogens is 1. The third-order valence-corrected chi connectivity index (χ3v) is 3.31. The highest BCUT2D eigenvalue weighted by Gasteiger charge is 2.03. The molecule has 0 aliphatic heterocycles. The Hall–Kier alpha value is -2.89. The molecule has 0 aliphatic carbocycles. The molecule has 0 aliphatic rings. The van der Waals surface area contributed by atoms with E-state index >= 15 is 0 Å². The fourth-order valence-corrected chi connectivity index (χ4v) is 2.14. The van der Waals surface area contributed by atoms with Crippen molar-refractivity contribution in [1.29, 1.82) is 0 Å². The van der Waals surface area contributed by atoms with Crippen molar-refractivity contribution in [2.24, 2.45) is 0 Å². The number of hydrogen-bond acceptors (Lipinski definition) is 5. The fraction of sp³-hybridized carbons (Fsp3) is 0.176. The van der Waals surface area contributed by atoms with Gasteiger partial charge in [0.1, 0.15) is 17.4 Å². The standard InChI is InChI=1S/C17H17FN4O/c18-15-6-2-1-4-13(15)7-9-19-17-20-10-8-16(22-17)21-12-14-5-3-11-23-14/h1-6,8,10-11H,7,9,12H2,(H2,19,20,21,22). The number of nitrogens with one attached hydrogen (secondary N) is 2. The third-order valence-electron chi connectivity index (χ3n) is 3.31. The maximum Gasteiger partial charge on any atom is 0.224 e. The Morgan fingerprint density at radius 1 is 1.04 bits per heavy atom. The van der Waals surface area contributed by atoms with Gasteiger partial charge < -0.3 is 15.1 Å². The zero-order chi connectivity index (χ0) is 15.9. The summed E-state index contributed by atoms with van der Waals surface area (Å²) in [7, 11) is 0. The first-order valence-corrected chi connectivity index (χ1v) is 7.38. The number of hydrogen-bond donors (Lipinski definition) is 2. The Bertz CT molecular complexity index is 746. The Morgan fingerprint density at radius 2 is 1.96 bits per heavy atom. The molecule has 118 valence electrons. The molecule has 3 aromatic rings. The molecule has 0 bridgehead atoms. The molecule has 0 saturated heterocycles. The van der Waals surface area contributed by atoms with E-state index in [9.17, 15) is 4.39 Å². The molecular formula is C17H17FN4O. The quantitative estimate of drug-likeness (QED) is 0.699. The van der Waals surface area contributed by atoms with Crippen LogP contribution in [0.5, 0.6) is 0 Å². The SMILES string of the molecule is Fc1ccccc1CCNc1nccc(NCc2ccco2)n1. The summed E-state index contributed by atoms with van der Waals surface area (Å²) >= 11 is 0. The zero-order valence-electron chi connectivity index (χ0n) is 12.5. The van der Waals surface area contributed by atoms with Crippen LogP contribution in [0.3, 0.4) is 0 Å². The van der Waals surface area contributed by atoms with E-state index in [-0.39, 0.29) is 5.82 Å². The molecule has 5 nitrogen and oxygen atoms in total. The molecule has 0 radical (unpaired) electrons. The topological polar surface area (TPSA) is 63.0 Å². The molecule has 0 fully saturated rings. The molecule has 2 heterocycles. The first kappa shape index (κ1) is 15.0. The van der Waals surface area contributed by atoms with Crippen LogP contribution in [0, 0.1) is 5.82 Å². The van der Waals surface area contributed by atoms with Gasteiger partial charge in [-0.25, -0.2) is 9.37 Å². The van der Waals surface area contributed by atoms with Gasteiger partial charge in [0.2, 0.25) is 5.95 Å². The molecule has 2 aromatic heterocycles. The minimum atomic E-state index is -0.191. The summed E-state index contributed by atoms with van der Waals surface area (Å²) in [6.45, 7) is 1.11. The molecular weight excluding hydrogens is 295 g/mol. The van der Waals surface area contributed by atoms with Gasteiger partial charge in [-0.15, -0.1) is 0 Å². The lowest BCUT2D eigenvalue weighted by molar-refractivity contribution is 0.518. The van der Waals surface area contributed by atoms with Gasteiger partial charge in [0.15, 0.2) is 0 Å². The number of anilines is 2. The summed E-state index contributed by atoms with van der Waals surface area (Å²) in [4.78, 5) is 8.52. The molecule has 0 amide bonds. The smallest absolute Gasteiger partial charge is 0.224 e. The van der Waals surface area contributed by atoms with Crippen molar-refractivity contribution in [2.45, 2.75) is 13.0 Å². The van der Waals surface area contributed by atoms with Crippen molar-refractivity contribution in [3.05, 3.63) is 72.1 Å². The molecule has 0 saturated carbocycles. The van der Waals surface area contributed by atoms with E-state index in [1.807, 2.05) is 18.2 Å². The second-order valence-electron chi connectivity index (χ2n) is 4.97. The maximum absolute atomic E-state index is 13.5. The van der Waals surface area contributed by atoms with Crippen molar-refractivity contribution in [3.63, 3.8) is 0 Å². The van der Waals surface area contributed by atoms with Crippen LogP contribution in [0.4, 0.5) is 16.2 Å². The third kappa shape index (κ3) is 4.29. The summed E-state index contributed by atoms with van der Waals surface area (Å²) < 4.78 is 18.8. The number of nitrogens with zero attached hydrogens (tertiary/aromatic N) is 2. The van der Waals surface area contributed by atoms with Crippen LogP contribution in [0.15, 0.2) is 59.3 Å². The van der Waals surface area contributed by atoms with Gasteiger partial charge >= 0.3 is 0 Å². The van der Waals surface area contributed by atoms with E-state index in [4.69, 9.17) is 4.42 Å². The minimum absolute atomic E-state index is 0.191. The van der Waals surface area contributed by atoms with E-state index in [1.54, 1.807) is 30.7 Å². The van der Waals surface area contributed by atoms with Crippen LogP contribution < -0.4 is 10.6 Å². The molecule has 2 N–H and O–H groups in total. The van der Waals surface area contributed by atoms with Gasteiger partial charge in [0, 0.05) is 12.7 Å². The van der Waals surface area contributed by atoms with Crippen molar-refractivity contribution in [3.8, 4) is 0 Å². The van der Waals surface area contributed by atoms with E-state index in [0.717, 1.165) is 5.76 Å². The Balaban J connectivity index is 1.52. The lowest BCUT2D eigenvalue weighted by Crippen LogP contribution is -2.10. The highest BCUT2D eigenvalue weighted by molar-refractivity contribution is 5.39. The molecule has 6 heteroatoms. The van der Waals surface area contributed by atoms with Crippen LogP contribution in [-0.4, -0.2) is 16.5 Å². The average molecular weight is 312 g/mol. The molecule has 23 heavy (non-hydrogen) atoms. The molecule has 1 aromatic carbocycles. The van der Waals surface area contributed by atoms with E-state index in [2.05, 4.69) is 20.6 Å².